The molecule has 0 saturated heterocycles. The number of anilines is 1. The van der Waals surface area contributed by atoms with Gasteiger partial charge in [-0.25, -0.2) is 9.78 Å². The second-order valence-corrected chi connectivity index (χ2v) is 4.10. The largest absolute Gasteiger partial charge is 0.352 e. The third-order valence-corrected chi connectivity index (χ3v) is 2.88. The van der Waals surface area contributed by atoms with Gasteiger partial charge in [0.15, 0.2) is 0 Å². The predicted molar refractivity (Wildman–Crippen MR) is 73.2 cm³/mol. The Balaban J connectivity index is 2.23. The molecule has 6 nitrogen and oxygen atoms in total. The molecule has 6 heteroatoms. The molecule has 0 aromatic carbocycles. The van der Waals surface area contributed by atoms with Crippen LogP contribution < -0.4 is 10.6 Å². The molecule has 100 valence electrons. The maximum Gasteiger partial charge on any atom is 0.352 e. The Bertz CT molecular complexity index is 577. The normalized spacial score (nSPS) is 10.4. The third-order valence-electron chi connectivity index (χ3n) is 2.88. The highest BCUT2D eigenvalue weighted by molar-refractivity contribution is 5.26. The van der Waals surface area contributed by atoms with Gasteiger partial charge in [0.05, 0.1) is 6.54 Å². The molecule has 0 aliphatic carbocycles. The Hall–Kier alpha value is -2.24. The lowest BCUT2D eigenvalue weighted by molar-refractivity contribution is 0.683. The summed E-state index contributed by atoms with van der Waals surface area (Å²) < 4.78 is 1.48. The standard InChI is InChI=1S/C13H17N5O/c1-3-17(4-2)12-15-10-18(13(19)16-12)9-11-6-5-7-14-8-11/h5-8,10H,3-4,9H2,1-2H3. The Morgan fingerprint density at radius 1 is 1.32 bits per heavy atom. The molecule has 2 aromatic heterocycles. The smallest absolute Gasteiger partial charge is 0.341 e. The number of pyridine rings is 1. The van der Waals surface area contributed by atoms with Crippen molar-refractivity contribution in [2.45, 2.75) is 20.4 Å². The van der Waals surface area contributed by atoms with Gasteiger partial charge in [-0.1, -0.05) is 6.07 Å². The van der Waals surface area contributed by atoms with Crippen LogP contribution in [0.4, 0.5) is 5.95 Å². The van der Waals surface area contributed by atoms with Gasteiger partial charge < -0.3 is 4.90 Å². The van der Waals surface area contributed by atoms with Crippen molar-refractivity contribution in [3.8, 4) is 0 Å². The van der Waals surface area contributed by atoms with Crippen LogP contribution in [0.2, 0.25) is 0 Å². The topological polar surface area (TPSA) is 63.9 Å². The van der Waals surface area contributed by atoms with E-state index in [9.17, 15) is 4.79 Å². The van der Waals surface area contributed by atoms with E-state index in [4.69, 9.17) is 0 Å². The second kappa shape index (κ2) is 6.08. The molecule has 0 aliphatic heterocycles. The maximum absolute atomic E-state index is 11.9. The first-order chi connectivity index (χ1) is 9.24. The molecule has 0 spiro atoms. The Kier molecular flexibility index (Phi) is 4.22. The van der Waals surface area contributed by atoms with Gasteiger partial charge in [0, 0.05) is 25.5 Å². The van der Waals surface area contributed by atoms with Gasteiger partial charge in [-0.15, -0.1) is 0 Å². The molecule has 0 N–H and O–H groups in total. The highest BCUT2D eigenvalue weighted by Gasteiger charge is 2.07. The van der Waals surface area contributed by atoms with Crippen LogP contribution in [0.5, 0.6) is 0 Å². The van der Waals surface area contributed by atoms with Crippen LogP contribution in [-0.4, -0.2) is 32.6 Å². The van der Waals surface area contributed by atoms with Gasteiger partial charge in [-0.2, -0.15) is 4.98 Å². The molecular weight excluding hydrogens is 242 g/mol. The summed E-state index contributed by atoms with van der Waals surface area (Å²) in [6, 6.07) is 3.75. The lowest BCUT2D eigenvalue weighted by Gasteiger charge is -2.18. The van der Waals surface area contributed by atoms with Gasteiger partial charge >= 0.3 is 5.69 Å². The van der Waals surface area contributed by atoms with Crippen LogP contribution in [-0.2, 0) is 6.54 Å². The van der Waals surface area contributed by atoms with Crippen LogP contribution in [0.1, 0.15) is 19.4 Å². The number of nitrogens with zero attached hydrogens (tertiary/aromatic N) is 5. The van der Waals surface area contributed by atoms with Crippen molar-refractivity contribution < 1.29 is 0 Å². The average Bonchev–Trinajstić information content (AvgIpc) is 2.44. The first-order valence-electron chi connectivity index (χ1n) is 6.32. The molecule has 0 radical (unpaired) electrons. The van der Waals surface area contributed by atoms with E-state index in [1.807, 2.05) is 30.9 Å². The van der Waals surface area contributed by atoms with E-state index >= 15 is 0 Å². The summed E-state index contributed by atoms with van der Waals surface area (Å²) in [6.45, 7) is 6.01. The van der Waals surface area contributed by atoms with E-state index < -0.39 is 0 Å². The van der Waals surface area contributed by atoms with E-state index in [0.29, 0.717) is 12.5 Å². The van der Waals surface area contributed by atoms with Gasteiger partial charge in [0.25, 0.3) is 0 Å². The molecule has 19 heavy (non-hydrogen) atoms. The van der Waals surface area contributed by atoms with E-state index in [-0.39, 0.29) is 5.69 Å². The fourth-order valence-corrected chi connectivity index (χ4v) is 1.80. The van der Waals surface area contributed by atoms with Crippen LogP contribution in [0, 0.1) is 0 Å². The zero-order valence-electron chi connectivity index (χ0n) is 11.2. The molecule has 2 aromatic rings. The zero-order chi connectivity index (χ0) is 13.7. The van der Waals surface area contributed by atoms with Gasteiger partial charge in [-0.3, -0.25) is 9.55 Å². The molecule has 0 bridgehead atoms. The van der Waals surface area contributed by atoms with E-state index in [0.717, 1.165) is 18.7 Å². The number of hydrogen-bond donors (Lipinski definition) is 0. The van der Waals surface area contributed by atoms with Crippen molar-refractivity contribution in [1.82, 2.24) is 19.5 Å². The molecule has 2 rings (SSSR count). The minimum Gasteiger partial charge on any atom is -0.341 e. The highest BCUT2D eigenvalue weighted by Crippen LogP contribution is 2.03. The fourth-order valence-electron chi connectivity index (χ4n) is 1.80. The summed E-state index contributed by atoms with van der Waals surface area (Å²) in [6.07, 6.45) is 4.97. The fraction of sp³-hybridized carbons (Fsp3) is 0.385. The predicted octanol–water partition coefficient (Wildman–Crippen LogP) is 0.928. The molecule has 0 aliphatic rings. The summed E-state index contributed by atoms with van der Waals surface area (Å²) in [7, 11) is 0. The first kappa shape index (κ1) is 13.2. The zero-order valence-corrected chi connectivity index (χ0v) is 11.2. The van der Waals surface area contributed by atoms with Crippen LogP contribution >= 0.6 is 0 Å². The quantitative estimate of drug-likeness (QED) is 0.799. The van der Waals surface area contributed by atoms with Crippen molar-refractivity contribution >= 4 is 5.95 Å². The summed E-state index contributed by atoms with van der Waals surface area (Å²) in [5.74, 6) is 0.484. The molecule has 0 fully saturated rings. The Labute approximate surface area is 111 Å². The van der Waals surface area contributed by atoms with Crippen molar-refractivity contribution in [2.24, 2.45) is 0 Å². The minimum absolute atomic E-state index is 0.291. The summed E-state index contributed by atoms with van der Waals surface area (Å²) in [5.41, 5.74) is 0.657. The van der Waals surface area contributed by atoms with E-state index in [2.05, 4.69) is 15.0 Å². The van der Waals surface area contributed by atoms with Gasteiger partial charge in [-0.05, 0) is 25.5 Å². The van der Waals surface area contributed by atoms with E-state index in [1.165, 1.54) is 10.9 Å². The van der Waals surface area contributed by atoms with Crippen molar-refractivity contribution in [1.29, 1.82) is 0 Å². The molecule has 0 unspecified atom stereocenters. The van der Waals surface area contributed by atoms with Crippen LogP contribution in [0.25, 0.3) is 0 Å². The van der Waals surface area contributed by atoms with E-state index in [1.54, 1.807) is 12.4 Å². The summed E-state index contributed by atoms with van der Waals surface area (Å²) in [4.78, 5) is 26.2. The molecule has 0 atom stereocenters. The van der Waals surface area contributed by atoms with Crippen molar-refractivity contribution in [3.05, 3.63) is 46.9 Å². The van der Waals surface area contributed by atoms with Crippen LogP contribution in [0.15, 0.2) is 35.6 Å². The minimum atomic E-state index is -0.291. The van der Waals surface area contributed by atoms with Gasteiger partial charge in [0.1, 0.15) is 6.33 Å². The highest BCUT2D eigenvalue weighted by atomic mass is 16.1. The summed E-state index contributed by atoms with van der Waals surface area (Å²) in [5, 5.41) is 0. The van der Waals surface area contributed by atoms with Gasteiger partial charge in [0.2, 0.25) is 5.95 Å². The lowest BCUT2D eigenvalue weighted by Crippen LogP contribution is -2.31. The van der Waals surface area contributed by atoms with Crippen LogP contribution in [0.3, 0.4) is 0 Å². The number of rotatable bonds is 5. The van der Waals surface area contributed by atoms with Crippen molar-refractivity contribution in [2.75, 3.05) is 18.0 Å². The Morgan fingerprint density at radius 2 is 2.11 bits per heavy atom. The number of hydrogen-bond acceptors (Lipinski definition) is 5. The monoisotopic (exact) mass is 259 g/mol. The average molecular weight is 259 g/mol. The SMILES string of the molecule is CCN(CC)c1ncn(Cc2cccnc2)c(=O)n1. The van der Waals surface area contributed by atoms with Crippen molar-refractivity contribution in [3.63, 3.8) is 0 Å². The number of aromatic nitrogens is 4. The Morgan fingerprint density at radius 3 is 2.68 bits per heavy atom. The second-order valence-electron chi connectivity index (χ2n) is 4.10. The molecule has 0 amide bonds. The molecule has 0 saturated carbocycles. The molecular formula is C13H17N5O. The lowest BCUT2D eigenvalue weighted by atomic mass is 10.3. The first-order valence-corrected chi connectivity index (χ1v) is 6.32. The third kappa shape index (κ3) is 3.15. The molecule has 2 heterocycles. The summed E-state index contributed by atoms with van der Waals surface area (Å²) >= 11 is 0. The maximum atomic E-state index is 11.9.